The van der Waals surface area contributed by atoms with E-state index in [9.17, 15) is 4.79 Å². The first-order valence-electron chi connectivity index (χ1n) is 5.66. The summed E-state index contributed by atoms with van der Waals surface area (Å²) in [6.07, 6.45) is 0.818. The standard InChI is InChI=1S/C11H20N4OS/c1-6-8-12-10(17-14-8)15(5)7-9(16)13-11(2,3)4/h6-7H2,1-5H3,(H,13,16). The lowest BCUT2D eigenvalue weighted by Crippen LogP contribution is -2.45. The smallest absolute Gasteiger partial charge is 0.239 e. The van der Waals surface area contributed by atoms with Crippen molar-refractivity contribution in [3.63, 3.8) is 0 Å². The van der Waals surface area contributed by atoms with E-state index in [1.807, 2.05) is 39.6 Å². The second-order valence-corrected chi connectivity index (χ2v) is 5.73. The van der Waals surface area contributed by atoms with Gasteiger partial charge in [0.05, 0.1) is 6.54 Å². The number of hydrogen-bond acceptors (Lipinski definition) is 5. The second-order valence-electron chi connectivity index (χ2n) is 5.00. The third kappa shape index (κ3) is 4.68. The molecule has 0 aliphatic rings. The van der Waals surface area contributed by atoms with Crippen molar-refractivity contribution in [1.29, 1.82) is 0 Å². The van der Waals surface area contributed by atoms with Crippen LogP contribution in [0.2, 0.25) is 0 Å². The lowest BCUT2D eigenvalue weighted by atomic mass is 10.1. The van der Waals surface area contributed by atoms with Crippen LogP contribution in [0.4, 0.5) is 5.13 Å². The highest BCUT2D eigenvalue weighted by Crippen LogP contribution is 2.15. The predicted octanol–water partition coefficient (Wildman–Crippen LogP) is 1.45. The van der Waals surface area contributed by atoms with Crippen LogP contribution >= 0.6 is 11.5 Å². The van der Waals surface area contributed by atoms with Crippen LogP contribution in [0.3, 0.4) is 0 Å². The molecule has 0 saturated carbocycles. The van der Waals surface area contributed by atoms with Crippen LogP contribution in [0.1, 0.15) is 33.5 Å². The number of aromatic nitrogens is 2. The molecule has 17 heavy (non-hydrogen) atoms. The third-order valence-corrected chi connectivity index (χ3v) is 2.86. The summed E-state index contributed by atoms with van der Waals surface area (Å²) in [5.74, 6) is 0.821. The van der Waals surface area contributed by atoms with Gasteiger partial charge in [0.1, 0.15) is 5.82 Å². The first-order chi connectivity index (χ1) is 7.81. The summed E-state index contributed by atoms with van der Waals surface area (Å²) in [5.41, 5.74) is -0.201. The van der Waals surface area contributed by atoms with Crippen molar-refractivity contribution in [3.8, 4) is 0 Å². The number of hydrogen-bond donors (Lipinski definition) is 1. The fourth-order valence-electron chi connectivity index (χ4n) is 1.28. The molecule has 1 N–H and O–H groups in total. The summed E-state index contributed by atoms with van der Waals surface area (Å²) in [6.45, 7) is 8.20. The van der Waals surface area contributed by atoms with Gasteiger partial charge in [-0.05, 0) is 20.8 Å². The number of aryl methyl sites for hydroxylation is 1. The van der Waals surface area contributed by atoms with E-state index in [1.165, 1.54) is 11.5 Å². The normalized spacial score (nSPS) is 11.4. The predicted molar refractivity (Wildman–Crippen MR) is 70.5 cm³/mol. The summed E-state index contributed by atoms with van der Waals surface area (Å²) in [7, 11) is 1.85. The molecule has 0 radical (unpaired) electrons. The topological polar surface area (TPSA) is 58.1 Å². The molecule has 96 valence electrons. The van der Waals surface area contributed by atoms with Crippen LogP contribution in [0.15, 0.2) is 0 Å². The molecule has 5 nitrogen and oxygen atoms in total. The molecule has 1 aromatic rings. The summed E-state index contributed by atoms with van der Waals surface area (Å²) in [5, 5.41) is 3.70. The molecule has 0 spiro atoms. The molecule has 6 heteroatoms. The molecule has 0 saturated heterocycles. The monoisotopic (exact) mass is 256 g/mol. The first kappa shape index (κ1) is 13.9. The zero-order valence-corrected chi connectivity index (χ0v) is 11.9. The molecular weight excluding hydrogens is 236 g/mol. The van der Waals surface area contributed by atoms with Gasteiger partial charge >= 0.3 is 0 Å². The van der Waals surface area contributed by atoms with Crippen molar-refractivity contribution >= 4 is 22.6 Å². The Hall–Kier alpha value is -1.17. The van der Waals surface area contributed by atoms with Crippen LogP contribution < -0.4 is 10.2 Å². The van der Waals surface area contributed by atoms with E-state index in [1.54, 1.807) is 0 Å². The largest absolute Gasteiger partial charge is 0.350 e. The SMILES string of the molecule is CCc1nsc(N(C)CC(=O)NC(C)(C)C)n1. The van der Waals surface area contributed by atoms with Gasteiger partial charge in [-0.1, -0.05) is 6.92 Å². The van der Waals surface area contributed by atoms with Gasteiger partial charge in [0.25, 0.3) is 0 Å². The molecule has 0 aliphatic carbocycles. The Kier molecular flexibility index (Phi) is 4.45. The number of nitrogens with zero attached hydrogens (tertiary/aromatic N) is 3. The summed E-state index contributed by atoms with van der Waals surface area (Å²) in [6, 6.07) is 0. The van der Waals surface area contributed by atoms with Crippen LogP contribution in [0, 0.1) is 0 Å². The van der Waals surface area contributed by atoms with Crippen molar-refractivity contribution in [2.24, 2.45) is 0 Å². The van der Waals surface area contributed by atoms with E-state index >= 15 is 0 Å². The van der Waals surface area contributed by atoms with Gasteiger partial charge < -0.3 is 10.2 Å². The molecule has 0 bridgehead atoms. The Morgan fingerprint density at radius 1 is 1.47 bits per heavy atom. The van der Waals surface area contributed by atoms with E-state index in [-0.39, 0.29) is 11.4 Å². The Labute approximate surface area is 106 Å². The molecule has 1 aromatic heterocycles. The fraction of sp³-hybridized carbons (Fsp3) is 0.727. The number of amides is 1. The molecule has 0 fully saturated rings. The maximum atomic E-state index is 11.7. The van der Waals surface area contributed by atoms with Gasteiger partial charge in [0, 0.05) is 30.5 Å². The summed E-state index contributed by atoms with van der Waals surface area (Å²) in [4.78, 5) is 17.9. The number of nitrogens with one attached hydrogen (secondary N) is 1. The molecule has 1 heterocycles. The minimum absolute atomic E-state index is 0.00625. The Morgan fingerprint density at radius 3 is 2.59 bits per heavy atom. The van der Waals surface area contributed by atoms with E-state index in [2.05, 4.69) is 14.7 Å². The van der Waals surface area contributed by atoms with Crippen LogP contribution in [0.25, 0.3) is 0 Å². The zero-order valence-electron chi connectivity index (χ0n) is 11.1. The number of rotatable bonds is 4. The number of likely N-dealkylation sites (N-methyl/N-ethyl adjacent to an activating group) is 1. The van der Waals surface area contributed by atoms with Crippen molar-refractivity contribution in [1.82, 2.24) is 14.7 Å². The quantitative estimate of drug-likeness (QED) is 0.886. The molecule has 0 atom stereocenters. The molecular formula is C11H20N4OS. The Morgan fingerprint density at radius 2 is 2.12 bits per heavy atom. The van der Waals surface area contributed by atoms with Gasteiger partial charge in [-0.15, -0.1) is 0 Å². The third-order valence-electron chi connectivity index (χ3n) is 2.00. The average molecular weight is 256 g/mol. The lowest BCUT2D eigenvalue weighted by molar-refractivity contribution is -0.121. The van der Waals surface area contributed by atoms with Gasteiger partial charge in [0.15, 0.2) is 0 Å². The van der Waals surface area contributed by atoms with Crippen molar-refractivity contribution < 1.29 is 4.79 Å². The number of carbonyl (C=O) groups is 1. The summed E-state index contributed by atoms with van der Waals surface area (Å²) < 4.78 is 4.19. The van der Waals surface area contributed by atoms with E-state index < -0.39 is 0 Å². The maximum Gasteiger partial charge on any atom is 0.239 e. The Balaban J connectivity index is 2.54. The van der Waals surface area contributed by atoms with Crippen LogP contribution in [-0.4, -0.2) is 34.4 Å². The highest BCUT2D eigenvalue weighted by atomic mass is 32.1. The minimum Gasteiger partial charge on any atom is -0.350 e. The van der Waals surface area contributed by atoms with Gasteiger partial charge in [-0.2, -0.15) is 4.37 Å². The van der Waals surface area contributed by atoms with Crippen molar-refractivity contribution in [3.05, 3.63) is 5.82 Å². The molecule has 0 unspecified atom stereocenters. The average Bonchev–Trinajstić information content (AvgIpc) is 2.62. The number of anilines is 1. The van der Waals surface area contributed by atoms with Crippen molar-refractivity contribution in [2.45, 2.75) is 39.7 Å². The van der Waals surface area contributed by atoms with Gasteiger partial charge in [0.2, 0.25) is 11.0 Å². The molecule has 1 amide bonds. The van der Waals surface area contributed by atoms with Crippen LogP contribution in [-0.2, 0) is 11.2 Å². The molecule has 0 aliphatic heterocycles. The summed E-state index contributed by atoms with van der Waals surface area (Å²) >= 11 is 1.33. The highest BCUT2D eigenvalue weighted by Gasteiger charge is 2.16. The first-order valence-corrected chi connectivity index (χ1v) is 6.44. The molecule has 0 aromatic carbocycles. The van der Waals surface area contributed by atoms with E-state index in [4.69, 9.17) is 0 Å². The van der Waals surface area contributed by atoms with Gasteiger partial charge in [-0.3, -0.25) is 4.79 Å². The fourth-order valence-corrected chi connectivity index (χ4v) is 1.99. The minimum atomic E-state index is -0.201. The Bertz CT molecular complexity index is 383. The maximum absolute atomic E-state index is 11.7. The lowest BCUT2D eigenvalue weighted by Gasteiger charge is -2.22. The van der Waals surface area contributed by atoms with Gasteiger partial charge in [-0.25, -0.2) is 4.98 Å². The zero-order chi connectivity index (χ0) is 13.1. The number of carbonyl (C=O) groups excluding carboxylic acids is 1. The molecule has 1 rings (SSSR count). The van der Waals surface area contributed by atoms with Crippen molar-refractivity contribution in [2.75, 3.05) is 18.5 Å². The second kappa shape index (κ2) is 5.44. The van der Waals surface area contributed by atoms with Crippen LogP contribution in [0.5, 0.6) is 0 Å². The van der Waals surface area contributed by atoms with E-state index in [0.29, 0.717) is 6.54 Å². The van der Waals surface area contributed by atoms with E-state index in [0.717, 1.165) is 17.4 Å². The highest BCUT2D eigenvalue weighted by molar-refractivity contribution is 7.09.